The molecule has 1 aliphatic rings. The quantitative estimate of drug-likeness (QED) is 0.940. The summed E-state index contributed by atoms with van der Waals surface area (Å²) in [5.41, 5.74) is 2.57. The summed E-state index contributed by atoms with van der Waals surface area (Å²) in [4.78, 5) is 26.3. The van der Waals surface area contributed by atoms with Crippen LogP contribution in [0.25, 0.3) is 0 Å². The molecule has 0 saturated carbocycles. The molecule has 1 saturated heterocycles. The third kappa shape index (κ3) is 3.40. The predicted octanol–water partition coefficient (Wildman–Crippen LogP) is 2.54. The zero-order chi connectivity index (χ0) is 17.1. The average molecular weight is 324 g/mol. The van der Waals surface area contributed by atoms with E-state index in [0.29, 0.717) is 24.3 Å². The van der Waals surface area contributed by atoms with Crippen LogP contribution >= 0.6 is 0 Å². The molecule has 3 rings (SSSR count). The molecule has 0 unspecified atom stereocenters. The van der Waals surface area contributed by atoms with Crippen LogP contribution in [0.2, 0.25) is 0 Å². The average Bonchev–Trinajstić information content (AvgIpc) is 2.96. The number of hydrogen-bond acceptors (Lipinski definition) is 3. The Hall–Kier alpha value is -2.82. The van der Waals surface area contributed by atoms with Gasteiger partial charge in [0.05, 0.1) is 13.2 Å². The van der Waals surface area contributed by atoms with Gasteiger partial charge < -0.3 is 15.0 Å². The van der Waals surface area contributed by atoms with E-state index in [-0.39, 0.29) is 17.9 Å². The van der Waals surface area contributed by atoms with E-state index in [1.807, 2.05) is 31.2 Å². The number of carbonyl (C=O) groups excluding carboxylic acids is 2. The van der Waals surface area contributed by atoms with Gasteiger partial charge in [0.1, 0.15) is 5.75 Å². The van der Waals surface area contributed by atoms with Crippen LogP contribution in [0.4, 0.5) is 5.69 Å². The number of ether oxygens (including phenoxy) is 1. The summed E-state index contributed by atoms with van der Waals surface area (Å²) in [5.74, 6) is 0.549. The molecule has 1 fully saturated rings. The molecule has 0 spiro atoms. The minimum absolute atomic E-state index is 0.0267. The SMILES string of the molecule is COc1ccc(C(=O)N[C@@H]2CC(=O)N(c3ccc(C)cc3)C2)cc1. The lowest BCUT2D eigenvalue weighted by Crippen LogP contribution is -2.37. The summed E-state index contributed by atoms with van der Waals surface area (Å²) >= 11 is 0. The zero-order valence-electron chi connectivity index (χ0n) is 13.8. The number of amides is 2. The van der Waals surface area contributed by atoms with E-state index in [2.05, 4.69) is 5.32 Å². The first-order chi connectivity index (χ1) is 11.6. The standard InChI is InChI=1S/C19H20N2O3/c1-13-3-7-16(8-4-13)21-12-15(11-18(21)22)20-19(23)14-5-9-17(24-2)10-6-14/h3-10,15H,11-12H2,1-2H3,(H,20,23)/t15-/m1/s1. The van der Waals surface area contributed by atoms with E-state index in [1.165, 1.54) is 0 Å². The molecule has 2 aromatic carbocycles. The van der Waals surface area contributed by atoms with Crippen LogP contribution < -0.4 is 15.0 Å². The van der Waals surface area contributed by atoms with Gasteiger partial charge in [0.15, 0.2) is 0 Å². The first kappa shape index (κ1) is 16.1. The van der Waals surface area contributed by atoms with Gasteiger partial charge in [-0.3, -0.25) is 9.59 Å². The Morgan fingerprint density at radius 2 is 1.79 bits per heavy atom. The fourth-order valence-electron chi connectivity index (χ4n) is 2.79. The lowest BCUT2D eigenvalue weighted by Gasteiger charge is -2.17. The maximum absolute atomic E-state index is 12.3. The summed E-state index contributed by atoms with van der Waals surface area (Å²) < 4.78 is 5.08. The maximum atomic E-state index is 12.3. The molecular weight excluding hydrogens is 304 g/mol. The van der Waals surface area contributed by atoms with Crippen LogP contribution in [-0.4, -0.2) is 31.5 Å². The Morgan fingerprint density at radius 1 is 1.12 bits per heavy atom. The van der Waals surface area contributed by atoms with Gasteiger partial charge in [-0.05, 0) is 43.3 Å². The lowest BCUT2D eigenvalue weighted by molar-refractivity contribution is -0.117. The molecule has 124 valence electrons. The predicted molar refractivity (Wildman–Crippen MR) is 92.4 cm³/mol. The van der Waals surface area contributed by atoms with Gasteiger partial charge in [0.25, 0.3) is 5.91 Å². The number of methoxy groups -OCH3 is 1. The third-order valence-corrected chi connectivity index (χ3v) is 4.16. The number of nitrogens with zero attached hydrogens (tertiary/aromatic N) is 1. The van der Waals surface area contributed by atoms with Gasteiger partial charge in [-0.1, -0.05) is 17.7 Å². The molecule has 1 aliphatic heterocycles. The highest BCUT2D eigenvalue weighted by Gasteiger charge is 2.31. The number of hydrogen-bond donors (Lipinski definition) is 1. The fraction of sp³-hybridized carbons (Fsp3) is 0.263. The van der Waals surface area contributed by atoms with Gasteiger partial charge in [0.2, 0.25) is 5.91 Å². The second kappa shape index (κ2) is 6.74. The summed E-state index contributed by atoms with van der Waals surface area (Å²) in [6.07, 6.45) is 0.315. The van der Waals surface area contributed by atoms with Crippen LogP contribution in [0.3, 0.4) is 0 Å². The van der Waals surface area contributed by atoms with Crippen molar-refractivity contribution in [3.63, 3.8) is 0 Å². The number of benzene rings is 2. The van der Waals surface area contributed by atoms with Crippen molar-refractivity contribution < 1.29 is 14.3 Å². The molecule has 5 nitrogen and oxygen atoms in total. The van der Waals surface area contributed by atoms with Crippen molar-refractivity contribution in [1.82, 2.24) is 5.32 Å². The van der Waals surface area contributed by atoms with E-state index in [9.17, 15) is 9.59 Å². The number of rotatable bonds is 4. The van der Waals surface area contributed by atoms with Gasteiger partial charge in [-0.15, -0.1) is 0 Å². The van der Waals surface area contributed by atoms with Crippen molar-refractivity contribution in [3.05, 3.63) is 59.7 Å². The highest BCUT2D eigenvalue weighted by molar-refractivity contribution is 5.99. The fourth-order valence-corrected chi connectivity index (χ4v) is 2.79. The maximum Gasteiger partial charge on any atom is 0.251 e. The molecule has 1 heterocycles. The minimum atomic E-state index is -0.187. The van der Waals surface area contributed by atoms with Gasteiger partial charge in [0, 0.05) is 24.2 Å². The molecule has 5 heteroatoms. The van der Waals surface area contributed by atoms with Gasteiger partial charge >= 0.3 is 0 Å². The van der Waals surface area contributed by atoms with Crippen molar-refractivity contribution in [2.45, 2.75) is 19.4 Å². The molecule has 2 aromatic rings. The van der Waals surface area contributed by atoms with Crippen molar-refractivity contribution in [2.75, 3.05) is 18.6 Å². The van der Waals surface area contributed by atoms with Crippen LogP contribution in [0.1, 0.15) is 22.3 Å². The van der Waals surface area contributed by atoms with Crippen molar-refractivity contribution in [2.24, 2.45) is 0 Å². The molecule has 1 N–H and O–H groups in total. The molecule has 0 aliphatic carbocycles. The monoisotopic (exact) mass is 324 g/mol. The highest BCUT2D eigenvalue weighted by atomic mass is 16.5. The summed E-state index contributed by atoms with van der Waals surface area (Å²) in [6.45, 7) is 2.50. The molecule has 24 heavy (non-hydrogen) atoms. The van der Waals surface area contributed by atoms with Crippen LogP contribution in [0.15, 0.2) is 48.5 Å². The topological polar surface area (TPSA) is 58.6 Å². The summed E-state index contributed by atoms with van der Waals surface area (Å²) in [6, 6.07) is 14.5. The first-order valence-corrected chi connectivity index (χ1v) is 7.89. The largest absolute Gasteiger partial charge is 0.497 e. The van der Waals surface area contributed by atoms with Crippen molar-refractivity contribution in [1.29, 1.82) is 0 Å². The van der Waals surface area contributed by atoms with E-state index in [1.54, 1.807) is 36.3 Å². The van der Waals surface area contributed by atoms with Crippen molar-refractivity contribution in [3.8, 4) is 5.75 Å². The first-order valence-electron chi connectivity index (χ1n) is 7.89. The number of carbonyl (C=O) groups is 2. The molecule has 0 aromatic heterocycles. The van der Waals surface area contributed by atoms with Crippen LogP contribution in [0, 0.1) is 6.92 Å². The zero-order valence-corrected chi connectivity index (χ0v) is 13.8. The van der Waals surface area contributed by atoms with Crippen LogP contribution in [-0.2, 0) is 4.79 Å². The molecule has 0 radical (unpaired) electrons. The molecule has 2 amide bonds. The molecule has 1 atom stereocenters. The van der Waals surface area contributed by atoms with Crippen LogP contribution in [0.5, 0.6) is 5.75 Å². The number of aryl methyl sites for hydroxylation is 1. The Morgan fingerprint density at radius 3 is 2.42 bits per heavy atom. The number of anilines is 1. The van der Waals surface area contributed by atoms with E-state index in [0.717, 1.165) is 11.3 Å². The van der Waals surface area contributed by atoms with E-state index < -0.39 is 0 Å². The van der Waals surface area contributed by atoms with Crippen molar-refractivity contribution >= 4 is 17.5 Å². The van der Waals surface area contributed by atoms with Gasteiger partial charge in [-0.2, -0.15) is 0 Å². The summed E-state index contributed by atoms with van der Waals surface area (Å²) in [7, 11) is 1.58. The van der Waals surface area contributed by atoms with Gasteiger partial charge in [-0.25, -0.2) is 0 Å². The Balaban J connectivity index is 1.65. The molecule has 0 bridgehead atoms. The Kier molecular flexibility index (Phi) is 4.51. The third-order valence-electron chi connectivity index (χ3n) is 4.16. The molecular formula is C19H20N2O3. The summed E-state index contributed by atoms with van der Waals surface area (Å²) in [5, 5.41) is 2.93. The number of nitrogens with one attached hydrogen (secondary N) is 1. The second-order valence-electron chi connectivity index (χ2n) is 5.94. The van der Waals surface area contributed by atoms with E-state index in [4.69, 9.17) is 4.74 Å². The second-order valence-corrected chi connectivity index (χ2v) is 5.94. The smallest absolute Gasteiger partial charge is 0.251 e. The Bertz CT molecular complexity index is 738. The Labute approximate surface area is 141 Å². The highest BCUT2D eigenvalue weighted by Crippen LogP contribution is 2.22. The van der Waals surface area contributed by atoms with E-state index >= 15 is 0 Å². The normalized spacial score (nSPS) is 17.0. The lowest BCUT2D eigenvalue weighted by atomic mass is 10.2. The minimum Gasteiger partial charge on any atom is -0.497 e.